The molecule has 0 saturated carbocycles. The maximum absolute atomic E-state index is 13.3. The first kappa shape index (κ1) is 26.6. The van der Waals surface area contributed by atoms with E-state index in [2.05, 4.69) is 19.8 Å². The number of carbonyl (C=O) groups excluding carboxylic acids is 1. The number of alkyl halides is 3. The number of pyridine rings is 1. The predicted octanol–water partition coefficient (Wildman–Crippen LogP) is 4.46. The number of nitriles is 1. The number of nitrogens with zero attached hydrogens (tertiary/aromatic N) is 5. The van der Waals surface area contributed by atoms with E-state index >= 15 is 0 Å². The zero-order chi connectivity index (χ0) is 27.5. The highest BCUT2D eigenvalue weighted by atomic mass is 35.5. The Labute approximate surface area is 217 Å². The quantitative estimate of drug-likeness (QED) is 0.298. The van der Waals surface area contributed by atoms with Crippen molar-refractivity contribution >= 4 is 44.2 Å². The van der Waals surface area contributed by atoms with Crippen LogP contribution in [-0.2, 0) is 19.7 Å². The number of sulfonamides is 1. The number of halogens is 4. The van der Waals surface area contributed by atoms with Gasteiger partial charge in [-0.1, -0.05) is 22.1 Å². The minimum atomic E-state index is -5.48. The SMILES string of the molecule is N#CCOc1cc(Cl)ccc1-c1nccc2cc(S(=O)(=O)N(OC(=O)C(F)(F)F)c3ccncn3)ccc12. The summed E-state index contributed by atoms with van der Waals surface area (Å²) in [6.07, 6.45) is -2.17. The molecule has 10 nitrogen and oxygen atoms in total. The fourth-order valence-electron chi connectivity index (χ4n) is 3.29. The summed E-state index contributed by atoms with van der Waals surface area (Å²) >= 11 is 6.05. The van der Waals surface area contributed by atoms with Crippen molar-refractivity contribution in [1.29, 1.82) is 5.26 Å². The van der Waals surface area contributed by atoms with Gasteiger partial charge in [0.05, 0.1) is 10.6 Å². The molecule has 2 aromatic heterocycles. The van der Waals surface area contributed by atoms with Crippen LogP contribution in [0.3, 0.4) is 0 Å². The van der Waals surface area contributed by atoms with Crippen LogP contribution in [0.5, 0.6) is 5.75 Å². The van der Waals surface area contributed by atoms with Crippen molar-refractivity contribution in [3.63, 3.8) is 0 Å². The van der Waals surface area contributed by atoms with Gasteiger partial charge in [0, 0.05) is 34.4 Å². The second-order valence-corrected chi connectivity index (χ2v) is 9.50. The third kappa shape index (κ3) is 5.43. The Morgan fingerprint density at radius 2 is 1.87 bits per heavy atom. The largest absolute Gasteiger partial charge is 0.493 e. The summed E-state index contributed by atoms with van der Waals surface area (Å²) in [5.41, 5.74) is 0.805. The second kappa shape index (κ2) is 10.5. The van der Waals surface area contributed by atoms with Crippen molar-refractivity contribution in [2.75, 3.05) is 11.1 Å². The number of hydrogen-bond donors (Lipinski definition) is 0. The van der Waals surface area contributed by atoms with Crippen LogP contribution in [0.1, 0.15) is 0 Å². The Bertz CT molecular complexity index is 1660. The third-order valence-corrected chi connectivity index (χ3v) is 6.68. The molecule has 0 saturated heterocycles. The number of ether oxygens (including phenoxy) is 1. The van der Waals surface area contributed by atoms with Gasteiger partial charge in [-0.3, -0.25) is 4.98 Å². The minimum absolute atomic E-state index is 0.221. The van der Waals surface area contributed by atoms with E-state index in [-0.39, 0.29) is 16.8 Å². The Morgan fingerprint density at radius 3 is 2.55 bits per heavy atom. The molecule has 0 amide bonds. The van der Waals surface area contributed by atoms with Gasteiger partial charge < -0.3 is 9.57 Å². The molecule has 0 radical (unpaired) electrons. The van der Waals surface area contributed by atoms with Crippen LogP contribution in [0.25, 0.3) is 22.0 Å². The van der Waals surface area contributed by atoms with Crippen molar-refractivity contribution in [2.24, 2.45) is 0 Å². The van der Waals surface area contributed by atoms with Crippen molar-refractivity contribution in [3.05, 3.63) is 72.3 Å². The van der Waals surface area contributed by atoms with Gasteiger partial charge in [-0.2, -0.15) is 26.9 Å². The van der Waals surface area contributed by atoms with E-state index in [1.54, 1.807) is 12.1 Å². The van der Waals surface area contributed by atoms with Gasteiger partial charge >= 0.3 is 12.1 Å². The Kier molecular flexibility index (Phi) is 7.33. The molecule has 0 aliphatic heterocycles. The molecule has 15 heteroatoms. The molecule has 0 spiro atoms. The van der Waals surface area contributed by atoms with Crippen molar-refractivity contribution in [1.82, 2.24) is 15.0 Å². The highest BCUT2D eigenvalue weighted by molar-refractivity contribution is 7.92. The minimum Gasteiger partial charge on any atom is -0.478 e. The second-order valence-electron chi connectivity index (χ2n) is 7.31. The van der Waals surface area contributed by atoms with E-state index in [1.807, 2.05) is 6.07 Å². The molecule has 0 aliphatic carbocycles. The summed E-state index contributed by atoms with van der Waals surface area (Å²) in [5.74, 6) is -3.14. The molecule has 2 heterocycles. The van der Waals surface area contributed by atoms with E-state index < -0.39 is 32.9 Å². The predicted molar refractivity (Wildman–Crippen MR) is 127 cm³/mol. The van der Waals surface area contributed by atoms with Crippen LogP contribution in [0.15, 0.2) is 72.1 Å². The molecule has 4 rings (SSSR count). The van der Waals surface area contributed by atoms with E-state index in [4.69, 9.17) is 21.6 Å². The molecule has 0 N–H and O–H groups in total. The van der Waals surface area contributed by atoms with E-state index in [9.17, 15) is 26.4 Å². The number of aromatic nitrogens is 3. The van der Waals surface area contributed by atoms with E-state index in [0.717, 1.165) is 30.7 Å². The highest BCUT2D eigenvalue weighted by Gasteiger charge is 2.45. The summed E-state index contributed by atoms with van der Waals surface area (Å²) in [6.45, 7) is -0.268. The Balaban J connectivity index is 1.82. The Hall–Kier alpha value is -4.48. The summed E-state index contributed by atoms with van der Waals surface area (Å²) in [5, 5.41) is 9.98. The number of anilines is 1. The number of carbonyl (C=O) groups is 1. The molecule has 0 aliphatic rings. The van der Waals surface area contributed by atoms with Crippen molar-refractivity contribution < 1.29 is 36.0 Å². The van der Waals surface area contributed by atoms with Crippen molar-refractivity contribution in [3.8, 4) is 23.1 Å². The van der Waals surface area contributed by atoms with Gasteiger partial charge in [0.25, 0.3) is 10.0 Å². The van der Waals surface area contributed by atoms with Gasteiger partial charge in [0.1, 0.15) is 18.1 Å². The molecule has 4 aromatic rings. The number of benzene rings is 2. The average molecular weight is 564 g/mol. The molecule has 0 fully saturated rings. The fourth-order valence-corrected chi connectivity index (χ4v) is 4.68. The summed E-state index contributed by atoms with van der Waals surface area (Å²) < 4.78 is 70.6. The monoisotopic (exact) mass is 563 g/mol. The number of rotatable bonds is 7. The maximum atomic E-state index is 13.3. The molecule has 194 valence electrons. The Morgan fingerprint density at radius 1 is 1.08 bits per heavy atom. The molecule has 0 unspecified atom stereocenters. The lowest BCUT2D eigenvalue weighted by Gasteiger charge is -2.22. The molecular formula is C23H13ClF3N5O5S. The fraction of sp³-hybridized carbons (Fsp3) is 0.0870. The van der Waals surface area contributed by atoms with E-state index in [0.29, 0.717) is 27.1 Å². The van der Waals surface area contributed by atoms with Crippen LogP contribution in [-0.4, -0.2) is 42.1 Å². The first-order valence-corrected chi connectivity index (χ1v) is 12.1. The number of hydrogen-bond acceptors (Lipinski definition) is 9. The first-order chi connectivity index (χ1) is 18.0. The van der Waals surface area contributed by atoms with Gasteiger partial charge in [-0.25, -0.2) is 14.8 Å². The molecule has 0 bridgehead atoms. The van der Waals surface area contributed by atoms with Gasteiger partial charge in [-0.15, -0.1) is 0 Å². The molecule has 38 heavy (non-hydrogen) atoms. The smallest absolute Gasteiger partial charge is 0.478 e. The van der Waals surface area contributed by atoms with Gasteiger partial charge in [0.15, 0.2) is 12.4 Å². The lowest BCUT2D eigenvalue weighted by Crippen LogP contribution is -2.39. The van der Waals surface area contributed by atoms with Crippen LogP contribution in [0.2, 0.25) is 5.02 Å². The normalized spacial score (nSPS) is 11.6. The van der Waals surface area contributed by atoms with Crippen LogP contribution < -0.4 is 9.21 Å². The van der Waals surface area contributed by atoms with Crippen LogP contribution >= 0.6 is 11.6 Å². The summed E-state index contributed by atoms with van der Waals surface area (Å²) in [4.78, 5) is 26.7. The zero-order valence-electron chi connectivity index (χ0n) is 18.8. The van der Waals surface area contributed by atoms with Gasteiger partial charge in [0.2, 0.25) is 0 Å². The highest BCUT2D eigenvalue weighted by Crippen LogP contribution is 2.36. The number of fused-ring (bicyclic) bond motifs is 1. The third-order valence-electron chi connectivity index (χ3n) is 4.89. The van der Waals surface area contributed by atoms with Gasteiger partial charge in [-0.05, 0) is 41.8 Å². The lowest BCUT2D eigenvalue weighted by atomic mass is 10.0. The standard InChI is InChI=1S/C23H13ClF3N5O5S/c24-15-1-3-18(19(12-15)36-10-7-28)21-17-4-2-16(11-14(17)5-9-30-21)38(34,35)32(20-6-8-29-13-31-20)37-22(33)23(25,26)27/h1-6,8-9,11-13H,10H2. The maximum Gasteiger partial charge on any atom is 0.493 e. The topological polar surface area (TPSA) is 135 Å². The zero-order valence-corrected chi connectivity index (χ0v) is 20.3. The molecular weight excluding hydrogens is 551 g/mol. The summed E-state index contributed by atoms with van der Waals surface area (Å²) in [6, 6.07) is 12.6. The van der Waals surface area contributed by atoms with Crippen molar-refractivity contribution in [2.45, 2.75) is 11.1 Å². The summed E-state index contributed by atoms with van der Waals surface area (Å²) in [7, 11) is -4.90. The first-order valence-electron chi connectivity index (χ1n) is 10.3. The molecule has 0 atom stereocenters. The lowest BCUT2D eigenvalue weighted by molar-refractivity contribution is -0.199. The van der Waals surface area contributed by atoms with Crippen LogP contribution in [0.4, 0.5) is 19.0 Å². The molecule has 2 aromatic carbocycles. The van der Waals surface area contributed by atoms with E-state index in [1.165, 1.54) is 24.4 Å². The van der Waals surface area contributed by atoms with Crippen LogP contribution in [0, 0.1) is 11.3 Å². The average Bonchev–Trinajstić information content (AvgIpc) is 2.89.